The molecule has 2 nitrogen and oxygen atoms in total. The van der Waals surface area contributed by atoms with Gasteiger partial charge >= 0.3 is 0 Å². The Hall–Kier alpha value is -0.860. The minimum absolute atomic E-state index is 0. The minimum Gasteiger partial charge on any atom is -0.303 e. The van der Waals surface area contributed by atoms with Crippen molar-refractivity contribution in [2.24, 2.45) is 0 Å². The molecular formula is C18H28ClNO. The first kappa shape index (κ1) is 18.2. The topological polar surface area (TPSA) is 20.3 Å². The van der Waals surface area contributed by atoms with E-state index in [9.17, 15) is 4.79 Å². The molecule has 1 fully saturated rings. The second-order valence-electron chi connectivity index (χ2n) is 5.86. The molecule has 1 aliphatic carbocycles. The molecule has 0 N–H and O–H groups in total. The van der Waals surface area contributed by atoms with Crippen LogP contribution in [-0.2, 0) is 10.2 Å². The third kappa shape index (κ3) is 4.08. The van der Waals surface area contributed by atoms with E-state index in [0.717, 1.165) is 32.5 Å². The highest BCUT2D eigenvalue weighted by molar-refractivity contribution is 5.90. The molecular weight excluding hydrogens is 282 g/mol. The zero-order valence-electron chi connectivity index (χ0n) is 13.3. The zero-order chi connectivity index (χ0) is 14.4. The molecule has 0 heterocycles. The van der Waals surface area contributed by atoms with Crippen LogP contribution < -0.4 is 0 Å². The predicted molar refractivity (Wildman–Crippen MR) is 91.2 cm³/mol. The third-order valence-electron chi connectivity index (χ3n) is 4.87. The number of Topliss-reactive ketones (excluding diaryl/α,β-unsaturated/α-hetero) is 1. The molecule has 1 saturated carbocycles. The Bertz CT molecular complexity index is 422. The molecule has 0 amide bonds. The molecule has 0 unspecified atom stereocenters. The summed E-state index contributed by atoms with van der Waals surface area (Å²) in [5, 5.41) is 0. The molecule has 21 heavy (non-hydrogen) atoms. The summed E-state index contributed by atoms with van der Waals surface area (Å²) in [6, 6.07) is 10.4. The van der Waals surface area contributed by atoms with Gasteiger partial charge in [0.15, 0.2) is 0 Å². The van der Waals surface area contributed by atoms with Gasteiger partial charge in [0.25, 0.3) is 0 Å². The van der Waals surface area contributed by atoms with Crippen molar-refractivity contribution in [3.8, 4) is 0 Å². The largest absolute Gasteiger partial charge is 0.303 e. The molecule has 0 atom stereocenters. The summed E-state index contributed by atoms with van der Waals surface area (Å²) in [5.41, 5.74) is 1.05. The van der Waals surface area contributed by atoms with Crippen LogP contribution in [0.2, 0.25) is 0 Å². The highest BCUT2D eigenvalue weighted by atomic mass is 35.5. The van der Waals surface area contributed by atoms with E-state index in [-0.39, 0.29) is 17.8 Å². The highest BCUT2D eigenvalue weighted by Gasteiger charge is 2.41. The van der Waals surface area contributed by atoms with Crippen molar-refractivity contribution >= 4 is 18.2 Å². The van der Waals surface area contributed by atoms with Gasteiger partial charge in [0, 0.05) is 13.0 Å². The van der Waals surface area contributed by atoms with Gasteiger partial charge in [-0.15, -0.1) is 12.4 Å². The van der Waals surface area contributed by atoms with Crippen LogP contribution in [0.3, 0.4) is 0 Å². The van der Waals surface area contributed by atoms with Gasteiger partial charge in [0.05, 0.1) is 5.41 Å². The van der Waals surface area contributed by atoms with Crippen LogP contribution in [0.1, 0.15) is 51.5 Å². The number of carbonyl (C=O) groups is 1. The number of nitrogens with zero attached hydrogens (tertiary/aromatic N) is 1. The van der Waals surface area contributed by atoms with E-state index in [1.807, 2.05) is 6.07 Å². The molecule has 118 valence electrons. The molecule has 3 heteroatoms. The van der Waals surface area contributed by atoms with Gasteiger partial charge in [-0.05, 0) is 31.5 Å². The number of carbonyl (C=O) groups excluding carboxylic acids is 1. The fourth-order valence-electron chi connectivity index (χ4n) is 3.50. The Labute approximate surface area is 135 Å². The van der Waals surface area contributed by atoms with Gasteiger partial charge in [0.2, 0.25) is 0 Å². The maximum absolute atomic E-state index is 12.9. The smallest absolute Gasteiger partial charge is 0.144 e. The minimum atomic E-state index is -0.186. The molecule has 0 aliphatic heterocycles. The van der Waals surface area contributed by atoms with Gasteiger partial charge in [-0.25, -0.2) is 0 Å². The average Bonchev–Trinajstić information content (AvgIpc) is 3.00. The van der Waals surface area contributed by atoms with Crippen molar-refractivity contribution in [2.75, 3.05) is 19.6 Å². The Morgan fingerprint density at radius 3 is 2.19 bits per heavy atom. The standard InChI is InChI=1S/C18H27NO.ClH/c1-3-19(4-2)15-12-17(20)18(13-8-9-14-18)16-10-6-5-7-11-16;/h5-7,10-11H,3-4,8-9,12-15H2,1-2H3;1H. The van der Waals surface area contributed by atoms with E-state index in [2.05, 4.69) is 43.0 Å². The fraction of sp³-hybridized carbons (Fsp3) is 0.611. The molecule has 2 rings (SSSR count). The summed E-state index contributed by atoms with van der Waals surface area (Å²) in [4.78, 5) is 15.2. The summed E-state index contributed by atoms with van der Waals surface area (Å²) >= 11 is 0. The fourth-order valence-corrected chi connectivity index (χ4v) is 3.50. The third-order valence-corrected chi connectivity index (χ3v) is 4.87. The number of rotatable bonds is 7. The van der Waals surface area contributed by atoms with Gasteiger partial charge in [0.1, 0.15) is 5.78 Å². The lowest BCUT2D eigenvalue weighted by molar-refractivity contribution is -0.124. The Balaban J connectivity index is 0.00000220. The molecule has 0 aromatic heterocycles. The Morgan fingerprint density at radius 1 is 1.10 bits per heavy atom. The first-order chi connectivity index (χ1) is 9.73. The first-order valence-corrected chi connectivity index (χ1v) is 8.04. The second kappa shape index (κ2) is 8.55. The van der Waals surface area contributed by atoms with Crippen molar-refractivity contribution < 1.29 is 4.79 Å². The number of ketones is 1. The molecule has 1 aliphatic rings. The van der Waals surface area contributed by atoms with E-state index >= 15 is 0 Å². The maximum atomic E-state index is 12.9. The summed E-state index contributed by atoms with van der Waals surface area (Å²) in [7, 11) is 0. The maximum Gasteiger partial charge on any atom is 0.144 e. The highest BCUT2D eigenvalue weighted by Crippen LogP contribution is 2.42. The van der Waals surface area contributed by atoms with E-state index < -0.39 is 0 Å². The lowest BCUT2D eigenvalue weighted by atomic mass is 9.74. The summed E-state index contributed by atoms with van der Waals surface area (Å²) < 4.78 is 0. The Kier molecular flexibility index (Phi) is 7.41. The van der Waals surface area contributed by atoms with Crippen LogP contribution in [0, 0.1) is 0 Å². The number of halogens is 1. The van der Waals surface area contributed by atoms with E-state index in [0.29, 0.717) is 12.2 Å². The second-order valence-corrected chi connectivity index (χ2v) is 5.86. The van der Waals surface area contributed by atoms with Crippen molar-refractivity contribution in [1.82, 2.24) is 4.90 Å². The van der Waals surface area contributed by atoms with Crippen LogP contribution in [0.5, 0.6) is 0 Å². The monoisotopic (exact) mass is 309 g/mol. The van der Waals surface area contributed by atoms with Crippen molar-refractivity contribution in [2.45, 2.75) is 51.4 Å². The van der Waals surface area contributed by atoms with Crippen LogP contribution in [0.15, 0.2) is 30.3 Å². The van der Waals surface area contributed by atoms with E-state index in [1.165, 1.54) is 18.4 Å². The van der Waals surface area contributed by atoms with Crippen LogP contribution in [-0.4, -0.2) is 30.3 Å². The molecule has 0 radical (unpaired) electrons. The van der Waals surface area contributed by atoms with Gasteiger partial charge in [-0.3, -0.25) is 4.79 Å². The molecule has 0 spiro atoms. The molecule has 1 aromatic carbocycles. The van der Waals surface area contributed by atoms with Gasteiger partial charge in [-0.1, -0.05) is 57.0 Å². The van der Waals surface area contributed by atoms with Crippen molar-refractivity contribution in [1.29, 1.82) is 0 Å². The zero-order valence-corrected chi connectivity index (χ0v) is 14.1. The van der Waals surface area contributed by atoms with E-state index in [1.54, 1.807) is 0 Å². The van der Waals surface area contributed by atoms with Gasteiger partial charge < -0.3 is 4.90 Å². The average molecular weight is 310 g/mol. The van der Waals surface area contributed by atoms with Crippen LogP contribution in [0.25, 0.3) is 0 Å². The normalized spacial score (nSPS) is 16.7. The number of hydrogen-bond acceptors (Lipinski definition) is 2. The van der Waals surface area contributed by atoms with Gasteiger partial charge in [-0.2, -0.15) is 0 Å². The van der Waals surface area contributed by atoms with Crippen LogP contribution in [0.4, 0.5) is 0 Å². The quantitative estimate of drug-likeness (QED) is 0.751. The lowest BCUT2D eigenvalue weighted by Gasteiger charge is -2.29. The summed E-state index contributed by atoms with van der Waals surface area (Å²) in [5.74, 6) is 0.452. The SMILES string of the molecule is CCN(CC)CCC(=O)C1(c2ccccc2)CCCC1.Cl. The number of benzene rings is 1. The lowest BCUT2D eigenvalue weighted by Crippen LogP contribution is -2.36. The summed E-state index contributed by atoms with van der Waals surface area (Å²) in [6.07, 6.45) is 5.14. The number of hydrogen-bond donors (Lipinski definition) is 0. The molecule has 0 saturated heterocycles. The van der Waals surface area contributed by atoms with Crippen LogP contribution >= 0.6 is 12.4 Å². The van der Waals surface area contributed by atoms with Crippen molar-refractivity contribution in [3.63, 3.8) is 0 Å². The van der Waals surface area contributed by atoms with Crippen molar-refractivity contribution in [3.05, 3.63) is 35.9 Å². The first-order valence-electron chi connectivity index (χ1n) is 8.04. The predicted octanol–water partition coefficient (Wildman–Crippen LogP) is 4.22. The molecule has 0 bridgehead atoms. The molecule has 1 aromatic rings. The Morgan fingerprint density at radius 2 is 1.67 bits per heavy atom. The van der Waals surface area contributed by atoms with E-state index in [4.69, 9.17) is 0 Å². The summed E-state index contributed by atoms with van der Waals surface area (Å²) in [6.45, 7) is 7.29.